The highest BCUT2D eigenvalue weighted by Crippen LogP contribution is 2.25. The summed E-state index contributed by atoms with van der Waals surface area (Å²) in [5.41, 5.74) is 6.83. The molecule has 0 bridgehead atoms. The van der Waals surface area contributed by atoms with Crippen LogP contribution in [0.15, 0.2) is 35.6 Å². The summed E-state index contributed by atoms with van der Waals surface area (Å²) in [6.07, 6.45) is 1.80. The lowest BCUT2D eigenvalue weighted by Crippen LogP contribution is -2.25. The molecule has 1 aromatic carbocycles. The van der Waals surface area contributed by atoms with Crippen LogP contribution in [0.5, 0.6) is 0 Å². The highest BCUT2D eigenvalue weighted by Gasteiger charge is 2.21. The van der Waals surface area contributed by atoms with E-state index in [2.05, 4.69) is 20.0 Å². The molecule has 0 unspecified atom stereocenters. The number of methoxy groups -OCH3 is 1. The van der Waals surface area contributed by atoms with Gasteiger partial charge in [0.2, 0.25) is 5.91 Å². The van der Waals surface area contributed by atoms with Gasteiger partial charge in [-0.3, -0.25) is 4.79 Å². The van der Waals surface area contributed by atoms with Gasteiger partial charge in [0.05, 0.1) is 24.5 Å². The molecule has 29 heavy (non-hydrogen) atoms. The van der Waals surface area contributed by atoms with Crippen LogP contribution in [0.4, 0.5) is 11.5 Å². The molecular weight excluding hydrogens is 396 g/mol. The van der Waals surface area contributed by atoms with Crippen LogP contribution in [0.25, 0.3) is 0 Å². The number of esters is 2. The van der Waals surface area contributed by atoms with E-state index in [1.54, 1.807) is 31.2 Å². The van der Waals surface area contributed by atoms with E-state index in [0.29, 0.717) is 17.7 Å². The number of anilines is 2. The number of ether oxygens (including phenoxy) is 2. The van der Waals surface area contributed by atoms with Crippen LogP contribution >= 0.6 is 11.8 Å². The average molecular weight is 418 g/mol. The zero-order chi connectivity index (χ0) is 21.4. The first kappa shape index (κ1) is 22.2. The number of carbonyl (C=O) groups is 3. The number of thioether (sulfide) groups is 1. The number of aromatic nitrogens is 2. The minimum Gasteiger partial charge on any atom is -0.465 e. The van der Waals surface area contributed by atoms with E-state index in [1.165, 1.54) is 13.3 Å². The van der Waals surface area contributed by atoms with Crippen molar-refractivity contribution in [3.05, 3.63) is 41.6 Å². The maximum absolute atomic E-state index is 12.6. The monoisotopic (exact) mass is 418 g/mol. The highest BCUT2D eigenvalue weighted by molar-refractivity contribution is 8.00. The molecule has 1 aromatic heterocycles. The molecule has 9 nitrogen and oxygen atoms in total. The molecule has 2 rings (SSSR count). The van der Waals surface area contributed by atoms with E-state index in [0.717, 1.165) is 11.8 Å². The number of benzene rings is 1. The predicted molar refractivity (Wildman–Crippen MR) is 109 cm³/mol. The fourth-order valence-electron chi connectivity index (χ4n) is 2.28. The molecule has 2 aromatic rings. The summed E-state index contributed by atoms with van der Waals surface area (Å²) in [6, 6.07) is 6.36. The van der Waals surface area contributed by atoms with Gasteiger partial charge in [-0.05, 0) is 37.6 Å². The van der Waals surface area contributed by atoms with Gasteiger partial charge in [-0.25, -0.2) is 19.6 Å². The largest absolute Gasteiger partial charge is 0.465 e. The van der Waals surface area contributed by atoms with Gasteiger partial charge >= 0.3 is 11.9 Å². The van der Waals surface area contributed by atoms with Gasteiger partial charge in [-0.2, -0.15) is 0 Å². The Labute approximate surface area is 172 Å². The molecule has 0 radical (unpaired) electrons. The summed E-state index contributed by atoms with van der Waals surface area (Å²) in [4.78, 5) is 44.0. The van der Waals surface area contributed by atoms with Crippen molar-refractivity contribution in [3.8, 4) is 0 Å². The first-order valence-electron chi connectivity index (χ1n) is 8.85. The highest BCUT2D eigenvalue weighted by atomic mass is 32.2. The van der Waals surface area contributed by atoms with Crippen LogP contribution in [0.1, 0.15) is 41.0 Å². The van der Waals surface area contributed by atoms with Gasteiger partial charge in [0.1, 0.15) is 11.4 Å². The van der Waals surface area contributed by atoms with Gasteiger partial charge in [-0.1, -0.05) is 18.7 Å². The zero-order valence-electron chi connectivity index (χ0n) is 16.3. The van der Waals surface area contributed by atoms with Crippen molar-refractivity contribution in [3.63, 3.8) is 0 Å². The molecule has 0 aliphatic rings. The normalized spacial score (nSPS) is 11.4. The second-order valence-corrected chi connectivity index (χ2v) is 6.91. The first-order valence-corrected chi connectivity index (χ1v) is 9.73. The molecule has 0 aliphatic carbocycles. The van der Waals surface area contributed by atoms with Crippen LogP contribution in [-0.4, -0.2) is 46.8 Å². The number of hydrogen-bond donors (Lipinski definition) is 2. The summed E-state index contributed by atoms with van der Waals surface area (Å²) < 4.78 is 9.53. The van der Waals surface area contributed by atoms with Crippen molar-refractivity contribution >= 4 is 41.1 Å². The lowest BCUT2D eigenvalue weighted by atomic mass is 10.2. The third-order valence-electron chi connectivity index (χ3n) is 3.78. The second-order valence-electron chi connectivity index (χ2n) is 5.74. The van der Waals surface area contributed by atoms with E-state index in [4.69, 9.17) is 10.5 Å². The summed E-state index contributed by atoms with van der Waals surface area (Å²) >= 11 is 1.14. The van der Waals surface area contributed by atoms with Crippen LogP contribution in [0, 0.1) is 0 Å². The first-order chi connectivity index (χ1) is 13.9. The Morgan fingerprint density at radius 2 is 1.86 bits per heavy atom. The Morgan fingerprint density at radius 3 is 2.41 bits per heavy atom. The fourth-order valence-corrected chi connectivity index (χ4v) is 3.13. The number of nitrogens with two attached hydrogens (primary N) is 1. The molecule has 10 heteroatoms. The minimum atomic E-state index is -0.596. The van der Waals surface area contributed by atoms with Gasteiger partial charge in [0.15, 0.2) is 5.16 Å². The maximum Gasteiger partial charge on any atom is 0.343 e. The Bertz CT molecular complexity index is 889. The number of nitrogen functional groups attached to an aromatic ring is 1. The SMILES string of the molecule is CCOC(=O)c1cnc(S[C@@H](CC)C(=O)Nc2ccc(C(=O)OC)cc2)nc1N. The summed E-state index contributed by atoms with van der Waals surface area (Å²) in [5, 5.41) is 2.58. The van der Waals surface area contributed by atoms with Gasteiger partial charge < -0.3 is 20.5 Å². The van der Waals surface area contributed by atoms with Crippen LogP contribution in [-0.2, 0) is 14.3 Å². The molecule has 3 N–H and O–H groups in total. The summed E-state index contributed by atoms with van der Waals surface area (Å²) in [5.74, 6) is -1.30. The minimum absolute atomic E-state index is 0.00499. The third kappa shape index (κ3) is 5.92. The summed E-state index contributed by atoms with van der Waals surface area (Å²) in [6.45, 7) is 3.76. The smallest absolute Gasteiger partial charge is 0.343 e. The molecule has 0 saturated carbocycles. The molecule has 1 amide bonds. The lowest BCUT2D eigenvalue weighted by molar-refractivity contribution is -0.115. The quantitative estimate of drug-likeness (QED) is 0.377. The number of nitrogens with zero attached hydrogens (tertiary/aromatic N) is 2. The number of hydrogen-bond acceptors (Lipinski definition) is 9. The molecule has 0 saturated heterocycles. The van der Waals surface area contributed by atoms with E-state index in [9.17, 15) is 14.4 Å². The Kier molecular flexibility index (Phi) is 7.96. The average Bonchev–Trinajstić information content (AvgIpc) is 2.72. The number of nitrogens with one attached hydrogen (secondary N) is 1. The van der Waals surface area contributed by atoms with Crippen LogP contribution in [0.3, 0.4) is 0 Å². The third-order valence-corrected chi connectivity index (χ3v) is 5.02. The van der Waals surface area contributed by atoms with E-state index < -0.39 is 17.2 Å². The molecular formula is C19H22N4O5S. The Morgan fingerprint density at radius 1 is 1.17 bits per heavy atom. The Balaban J connectivity index is 2.05. The molecule has 1 heterocycles. The zero-order valence-corrected chi connectivity index (χ0v) is 17.1. The van der Waals surface area contributed by atoms with Crippen molar-refractivity contribution in [2.45, 2.75) is 30.7 Å². The standard InChI is InChI=1S/C19H22N4O5S/c1-4-14(16(24)22-12-8-6-11(7-9-12)17(25)27-3)29-19-21-10-13(15(20)23-19)18(26)28-5-2/h6-10,14H,4-5H2,1-3H3,(H,22,24)(H2,20,21,23)/t14-/m0/s1. The number of carbonyl (C=O) groups excluding carboxylic acids is 3. The predicted octanol–water partition coefficient (Wildman–Crippen LogP) is 2.53. The van der Waals surface area contributed by atoms with E-state index in [-0.39, 0.29) is 29.1 Å². The maximum atomic E-state index is 12.6. The van der Waals surface area contributed by atoms with E-state index in [1.807, 2.05) is 6.92 Å². The Hall–Kier alpha value is -3.14. The van der Waals surface area contributed by atoms with Crippen molar-refractivity contribution in [1.29, 1.82) is 0 Å². The topological polar surface area (TPSA) is 134 Å². The van der Waals surface area contributed by atoms with E-state index >= 15 is 0 Å². The van der Waals surface area contributed by atoms with Gasteiger partial charge in [-0.15, -0.1) is 0 Å². The second kappa shape index (κ2) is 10.4. The van der Waals surface area contributed by atoms with Crippen LogP contribution in [0.2, 0.25) is 0 Å². The lowest BCUT2D eigenvalue weighted by Gasteiger charge is -2.14. The molecule has 1 atom stereocenters. The van der Waals surface area contributed by atoms with Crippen molar-refractivity contribution < 1.29 is 23.9 Å². The molecule has 0 spiro atoms. The van der Waals surface area contributed by atoms with Crippen molar-refractivity contribution in [2.24, 2.45) is 0 Å². The van der Waals surface area contributed by atoms with Gasteiger partial charge in [0.25, 0.3) is 0 Å². The van der Waals surface area contributed by atoms with Crippen LogP contribution < -0.4 is 11.1 Å². The fraction of sp³-hybridized carbons (Fsp3) is 0.316. The molecule has 0 aliphatic heterocycles. The summed E-state index contributed by atoms with van der Waals surface area (Å²) in [7, 11) is 1.30. The van der Waals surface area contributed by atoms with Crippen molar-refractivity contribution in [1.82, 2.24) is 9.97 Å². The van der Waals surface area contributed by atoms with Gasteiger partial charge in [0, 0.05) is 11.9 Å². The molecule has 154 valence electrons. The number of amides is 1. The molecule has 0 fully saturated rings. The number of rotatable bonds is 8. The van der Waals surface area contributed by atoms with Crippen molar-refractivity contribution in [2.75, 3.05) is 24.8 Å².